The molecule has 0 saturated carbocycles. The van der Waals surface area contributed by atoms with Crippen LogP contribution in [0.4, 0.5) is 0 Å². The number of likely N-dealkylation sites (tertiary alicyclic amines) is 1. The molecule has 0 aromatic heterocycles. The number of rotatable bonds is 1. The highest BCUT2D eigenvalue weighted by Crippen LogP contribution is 2.41. The predicted octanol–water partition coefficient (Wildman–Crippen LogP) is 0.848. The molecule has 2 N–H and O–H groups in total. The van der Waals surface area contributed by atoms with E-state index in [0.29, 0.717) is 0 Å². The van der Waals surface area contributed by atoms with Gasteiger partial charge in [0.15, 0.2) is 0 Å². The molecule has 0 spiro atoms. The van der Waals surface area contributed by atoms with Gasteiger partial charge in [-0.15, -0.1) is 0 Å². The quantitative estimate of drug-likeness (QED) is 0.661. The molecular formula is C11H23NO2. The molecule has 1 aliphatic rings. The van der Waals surface area contributed by atoms with Crippen molar-refractivity contribution in [1.82, 2.24) is 4.90 Å². The van der Waals surface area contributed by atoms with Crippen molar-refractivity contribution >= 4 is 0 Å². The third-order valence-electron chi connectivity index (χ3n) is 4.27. The van der Waals surface area contributed by atoms with E-state index in [1.165, 1.54) is 0 Å². The molecule has 1 aliphatic heterocycles. The second-order valence-electron chi connectivity index (χ2n) is 5.26. The maximum Gasteiger partial charge on any atom is 0.0849 e. The predicted molar refractivity (Wildman–Crippen MR) is 57.1 cm³/mol. The van der Waals surface area contributed by atoms with Gasteiger partial charge in [-0.3, -0.25) is 4.90 Å². The molecular weight excluding hydrogens is 178 g/mol. The monoisotopic (exact) mass is 201 g/mol. The van der Waals surface area contributed by atoms with Gasteiger partial charge in [0.1, 0.15) is 0 Å². The van der Waals surface area contributed by atoms with Crippen LogP contribution in [0.3, 0.4) is 0 Å². The van der Waals surface area contributed by atoms with Crippen LogP contribution in [-0.4, -0.2) is 45.9 Å². The van der Waals surface area contributed by atoms with Crippen LogP contribution in [0.1, 0.15) is 34.1 Å². The Kier molecular flexibility index (Phi) is 2.96. The SMILES string of the molecule is C[C@H](O)[C@@H]1CCN(C)C(C)(C)[C@]1(C)O. The van der Waals surface area contributed by atoms with Crippen molar-refractivity contribution in [2.75, 3.05) is 13.6 Å². The Morgan fingerprint density at radius 1 is 1.36 bits per heavy atom. The van der Waals surface area contributed by atoms with Crippen molar-refractivity contribution in [3.63, 3.8) is 0 Å². The Balaban J connectivity index is 2.97. The number of aliphatic hydroxyl groups is 2. The Hall–Kier alpha value is -0.120. The molecule has 1 saturated heterocycles. The van der Waals surface area contributed by atoms with Crippen LogP contribution in [0.2, 0.25) is 0 Å². The fourth-order valence-electron chi connectivity index (χ4n) is 2.44. The minimum Gasteiger partial charge on any atom is -0.393 e. The first-order valence-electron chi connectivity index (χ1n) is 5.33. The molecule has 0 aliphatic carbocycles. The van der Waals surface area contributed by atoms with Gasteiger partial charge in [-0.2, -0.15) is 0 Å². The molecule has 3 atom stereocenters. The van der Waals surface area contributed by atoms with Crippen LogP contribution >= 0.6 is 0 Å². The normalized spacial score (nSPS) is 40.9. The van der Waals surface area contributed by atoms with Gasteiger partial charge in [0.25, 0.3) is 0 Å². The molecule has 3 nitrogen and oxygen atoms in total. The second kappa shape index (κ2) is 3.47. The third kappa shape index (κ3) is 1.58. The minimum absolute atomic E-state index is 0.0336. The number of piperidine rings is 1. The summed E-state index contributed by atoms with van der Waals surface area (Å²) in [5, 5.41) is 20.2. The maximum absolute atomic E-state index is 10.5. The van der Waals surface area contributed by atoms with E-state index in [9.17, 15) is 10.2 Å². The first kappa shape index (κ1) is 12.0. The zero-order chi connectivity index (χ0) is 11.1. The van der Waals surface area contributed by atoms with E-state index < -0.39 is 11.7 Å². The summed E-state index contributed by atoms with van der Waals surface area (Å²) >= 11 is 0. The Bertz CT molecular complexity index is 211. The highest BCUT2D eigenvalue weighted by molar-refractivity contribution is 5.06. The summed E-state index contributed by atoms with van der Waals surface area (Å²) < 4.78 is 0. The van der Waals surface area contributed by atoms with Gasteiger partial charge < -0.3 is 10.2 Å². The summed E-state index contributed by atoms with van der Waals surface area (Å²) in [4.78, 5) is 2.16. The van der Waals surface area contributed by atoms with E-state index >= 15 is 0 Å². The maximum atomic E-state index is 10.5. The third-order valence-corrected chi connectivity index (χ3v) is 4.27. The van der Waals surface area contributed by atoms with Gasteiger partial charge in [-0.05, 0) is 47.7 Å². The lowest BCUT2D eigenvalue weighted by atomic mass is 9.67. The number of hydrogen-bond donors (Lipinski definition) is 2. The lowest BCUT2D eigenvalue weighted by Gasteiger charge is -2.55. The van der Waals surface area contributed by atoms with Crippen LogP contribution in [0.25, 0.3) is 0 Å². The standard InChI is InChI=1S/C11H23NO2/c1-8(13)9-6-7-12(5)10(2,3)11(9,4)14/h8-9,13-14H,6-7H2,1-5H3/t8-,9-,11+/m0/s1. The molecule has 0 unspecified atom stereocenters. The van der Waals surface area contributed by atoms with Crippen molar-refractivity contribution < 1.29 is 10.2 Å². The fraction of sp³-hybridized carbons (Fsp3) is 1.00. The van der Waals surface area contributed by atoms with Gasteiger partial charge in [0, 0.05) is 11.5 Å². The van der Waals surface area contributed by atoms with Gasteiger partial charge in [-0.1, -0.05) is 0 Å². The summed E-state index contributed by atoms with van der Waals surface area (Å²) in [5.74, 6) is -0.0336. The Labute approximate surface area is 86.7 Å². The molecule has 3 heteroatoms. The number of aliphatic hydroxyl groups excluding tert-OH is 1. The topological polar surface area (TPSA) is 43.7 Å². The van der Waals surface area contributed by atoms with Crippen molar-refractivity contribution in [2.45, 2.75) is 51.4 Å². The van der Waals surface area contributed by atoms with E-state index in [-0.39, 0.29) is 11.5 Å². The Morgan fingerprint density at radius 3 is 2.29 bits per heavy atom. The highest BCUT2D eigenvalue weighted by atomic mass is 16.3. The molecule has 0 amide bonds. The van der Waals surface area contributed by atoms with Crippen LogP contribution in [0.5, 0.6) is 0 Å². The zero-order valence-corrected chi connectivity index (χ0v) is 9.91. The summed E-state index contributed by atoms with van der Waals surface area (Å²) in [5.41, 5.74) is -1.12. The van der Waals surface area contributed by atoms with Crippen LogP contribution in [0.15, 0.2) is 0 Å². The molecule has 0 radical (unpaired) electrons. The average Bonchev–Trinajstić information content (AvgIpc) is 2.00. The number of hydrogen-bond acceptors (Lipinski definition) is 3. The Morgan fingerprint density at radius 2 is 1.86 bits per heavy atom. The van der Waals surface area contributed by atoms with Gasteiger partial charge in [0.05, 0.1) is 11.7 Å². The van der Waals surface area contributed by atoms with Crippen molar-refractivity contribution in [1.29, 1.82) is 0 Å². The average molecular weight is 201 g/mol. The largest absolute Gasteiger partial charge is 0.393 e. The van der Waals surface area contributed by atoms with Crippen molar-refractivity contribution in [2.24, 2.45) is 5.92 Å². The van der Waals surface area contributed by atoms with Crippen LogP contribution < -0.4 is 0 Å². The molecule has 0 aromatic carbocycles. The summed E-state index contributed by atoms with van der Waals surface area (Å²) in [6.07, 6.45) is 0.405. The summed E-state index contributed by atoms with van der Waals surface area (Å²) in [7, 11) is 2.02. The second-order valence-corrected chi connectivity index (χ2v) is 5.26. The molecule has 1 heterocycles. The minimum atomic E-state index is -0.839. The van der Waals surface area contributed by atoms with Crippen molar-refractivity contribution in [3.8, 4) is 0 Å². The van der Waals surface area contributed by atoms with E-state index in [4.69, 9.17) is 0 Å². The molecule has 1 rings (SSSR count). The lowest BCUT2D eigenvalue weighted by molar-refractivity contribution is -0.168. The van der Waals surface area contributed by atoms with E-state index in [0.717, 1.165) is 13.0 Å². The first-order chi connectivity index (χ1) is 6.21. The molecule has 84 valence electrons. The fourth-order valence-corrected chi connectivity index (χ4v) is 2.44. The van der Waals surface area contributed by atoms with Gasteiger partial charge in [-0.25, -0.2) is 0 Å². The molecule has 0 bridgehead atoms. The first-order valence-corrected chi connectivity index (χ1v) is 5.33. The van der Waals surface area contributed by atoms with Crippen LogP contribution in [0, 0.1) is 5.92 Å². The zero-order valence-electron chi connectivity index (χ0n) is 9.91. The molecule has 0 aromatic rings. The van der Waals surface area contributed by atoms with E-state index in [1.54, 1.807) is 6.92 Å². The summed E-state index contributed by atoms with van der Waals surface area (Å²) in [6, 6.07) is 0. The van der Waals surface area contributed by atoms with Crippen molar-refractivity contribution in [3.05, 3.63) is 0 Å². The van der Waals surface area contributed by atoms with E-state index in [1.807, 2.05) is 27.8 Å². The smallest absolute Gasteiger partial charge is 0.0849 e. The lowest BCUT2D eigenvalue weighted by Crippen LogP contribution is -2.67. The molecule has 14 heavy (non-hydrogen) atoms. The summed E-state index contributed by atoms with van der Waals surface area (Å²) in [6.45, 7) is 8.59. The van der Waals surface area contributed by atoms with Crippen LogP contribution in [-0.2, 0) is 0 Å². The highest BCUT2D eigenvalue weighted by Gasteiger charge is 2.52. The number of likely N-dealkylation sites (N-methyl/N-ethyl adjacent to an activating group) is 1. The van der Waals surface area contributed by atoms with Gasteiger partial charge >= 0.3 is 0 Å². The van der Waals surface area contributed by atoms with E-state index in [2.05, 4.69) is 4.90 Å². The van der Waals surface area contributed by atoms with Gasteiger partial charge in [0.2, 0.25) is 0 Å². The molecule has 1 fully saturated rings. The number of nitrogens with zero attached hydrogens (tertiary/aromatic N) is 1.